The van der Waals surface area contributed by atoms with E-state index in [1.807, 2.05) is 30.3 Å². The first-order valence-electron chi connectivity index (χ1n) is 8.51. The van der Waals surface area contributed by atoms with Gasteiger partial charge in [0.25, 0.3) is 5.91 Å². The molecule has 1 aromatic heterocycles. The van der Waals surface area contributed by atoms with Crippen LogP contribution in [0.1, 0.15) is 32.0 Å². The molecule has 130 valence electrons. The van der Waals surface area contributed by atoms with Gasteiger partial charge >= 0.3 is 5.97 Å². The SMILES string of the molecule is COC(=O)c1cc(C(=O)N2CCc3ccccc3C2)nc2ccccc12. The van der Waals surface area contributed by atoms with Crippen molar-refractivity contribution >= 4 is 22.8 Å². The molecule has 2 heterocycles. The topological polar surface area (TPSA) is 59.5 Å². The summed E-state index contributed by atoms with van der Waals surface area (Å²) in [6, 6.07) is 17.0. The number of fused-ring (bicyclic) bond motifs is 2. The van der Waals surface area contributed by atoms with Gasteiger partial charge in [-0.25, -0.2) is 9.78 Å². The molecule has 0 fully saturated rings. The van der Waals surface area contributed by atoms with E-state index in [-0.39, 0.29) is 11.6 Å². The zero-order valence-corrected chi connectivity index (χ0v) is 14.4. The fourth-order valence-electron chi connectivity index (χ4n) is 3.39. The normalized spacial score (nSPS) is 13.3. The van der Waals surface area contributed by atoms with Crippen molar-refractivity contribution in [2.75, 3.05) is 13.7 Å². The van der Waals surface area contributed by atoms with E-state index in [2.05, 4.69) is 11.1 Å². The average Bonchev–Trinajstić information content (AvgIpc) is 2.71. The summed E-state index contributed by atoms with van der Waals surface area (Å²) in [6.45, 7) is 1.19. The van der Waals surface area contributed by atoms with Gasteiger partial charge in [-0.2, -0.15) is 0 Å². The van der Waals surface area contributed by atoms with E-state index >= 15 is 0 Å². The van der Waals surface area contributed by atoms with E-state index in [0.29, 0.717) is 29.6 Å². The smallest absolute Gasteiger partial charge is 0.338 e. The third-order valence-corrected chi connectivity index (χ3v) is 4.76. The molecule has 0 aliphatic carbocycles. The number of esters is 1. The van der Waals surface area contributed by atoms with Gasteiger partial charge in [-0.05, 0) is 29.7 Å². The second-order valence-corrected chi connectivity index (χ2v) is 6.31. The summed E-state index contributed by atoms with van der Waals surface area (Å²) in [4.78, 5) is 31.5. The molecule has 0 radical (unpaired) electrons. The van der Waals surface area contributed by atoms with E-state index < -0.39 is 5.97 Å². The Balaban J connectivity index is 1.72. The highest BCUT2D eigenvalue weighted by atomic mass is 16.5. The van der Waals surface area contributed by atoms with Crippen molar-refractivity contribution in [3.63, 3.8) is 0 Å². The monoisotopic (exact) mass is 346 g/mol. The van der Waals surface area contributed by atoms with Crippen LogP contribution in [-0.2, 0) is 17.7 Å². The second-order valence-electron chi connectivity index (χ2n) is 6.31. The summed E-state index contributed by atoms with van der Waals surface area (Å²) in [7, 11) is 1.33. The van der Waals surface area contributed by atoms with Crippen LogP contribution in [0.2, 0.25) is 0 Å². The molecule has 0 atom stereocenters. The lowest BCUT2D eigenvalue weighted by Crippen LogP contribution is -2.36. The van der Waals surface area contributed by atoms with Gasteiger partial charge in [-0.3, -0.25) is 4.79 Å². The fourth-order valence-corrected chi connectivity index (χ4v) is 3.39. The summed E-state index contributed by atoms with van der Waals surface area (Å²) in [6.07, 6.45) is 0.819. The Morgan fingerprint density at radius 2 is 1.77 bits per heavy atom. The Morgan fingerprint density at radius 3 is 2.58 bits per heavy atom. The van der Waals surface area contributed by atoms with Crippen LogP contribution in [0, 0.1) is 0 Å². The molecule has 1 aliphatic heterocycles. The number of amides is 1. The number of methoxy groups -OCH3 is 1. The molecule has 1 aliphatic rings. The highest BCUT2D eigenvalue weighted by Crippen LogP contribution is 2.23. The lowest BCUT2D eigenvalue weighted by atomic mass is 9.99. The molecule has 0 bridgehead atoms. The minimum atomic E-state index is -0.471. The quantitative estimate of drug-likeness (QED) is 0.669. The lowest BCUT2D eigenvalue weighted by molar-refractivity contribution is 0.0603. The Labute approximate surface area is 151 Å². The molecule has 5 heteroatoms. The third kappa shape index (κ3) is 2.81. The lowest BCUT2D eigenvalue weighted by Gasteiger charge is -2.28. The molecular weight excluding hydrogens is 328 g/mol. The predicted molar refractivity (Wildman–Crippen MR) is 98.0 cm³/mol. The molecule has 0 N–H and O–H groups in total. The summed E-state index contributed by atoms with van der Waals surface area (Å²) in [5.74, 6) is -0.642. The summed E-state index contributed by atoms with van der Waals surface area (Å²) in [5, 5.41) is 0.680. The first kappa shape index (κ1) is 16.3. The van der Waals surface area contributed by atoms with Gasteiger partial charge in [-0.15, -0.1) is 0 Å². The van der Waals surface area contributed by atoms with E-state index in [9.17, 15) is 9.59 Å². The number of ether oxygens (including phenoxy) is 1. The van der Waals surface area contributed by atoms with E-state index in [1.165, 1.54) is 18.7 Å². The van der Waals surface area contributed by atoms with E-state index in [0.717, 1.165) is 12.0 Å². The molecule has 0 saturated heterocycles. The summed E-state index contributed by atoms with van der Waals surface area (Å²) < 4.78 is 4.88. The summed E-state index contributed by atoms with van der Waals surface area (Å²) in [5.41, 5.74) is 3.66. The number of para-hydroxylation sites is 1. The van der Waals surface area contributed by atoms with Gasteiger partial charge in [0.05, 0.1) is 18.2 Å². The highest BCUT2D eigenvalue weighted by molar-refractivity contribution is 6.06. The molecular formula is C21H18N2O3. The first-order valence-corrected chi connectivity index (χ1v) is 8.51. The number of rotatable bonds is 2. The number of aromatic nitrogens is 1. The van der Waals surface area contributed by atoms with Crippen LogP contribution in [0.4, 0.5) is 0 Å². The number of carbonyl (C=O) groups is 2. The standard InChI is InChI=1S/C21H18N2O3/c1-26-21(25)17-12-19(22-18-9-5-4-8-16(17)18)20(24)23-11-10-14-6-2-3-7-15(14)13-23/h2-9,12H,10-11,13H2,1H3. The maximum Gasteiger partial charge on any atom is 0.338 e. The van der Waals surface area contributed by atoms with Gasteiger partial charge in [-0.1, -0.05) is 42.5 Å². The largest absolute Gasteiger partial charge is 0.465 e. The number of carbonyl (C=O) groups excluding carboxylic acids is 2. The van der Waals surface area contributed by atoms with Crippen LogP contribution in [0.5, 0.6) is 0 Å². The minimum absolute atomic E-state index is 0.171. The number of pyridine rings is 1. The molecule has 1 amide bonds. The fraction of sp³-hybridized carbons (Fsp3) is 0.190. The third-order valence-electron chi connectivity index (χ3n) is 4.76. The van der Waals surface area contributed by atoms with Crippen molar-refractivity contribution in [2.24, 2.45) is 0 Å². The van der Waals surface area contributed by atoms with E-state index in [1.54, 1.807) is 17.0 Å². The van der Waals surface area contributed by atoms with Crippen molar-refractivity contribution in [1.29, 1.82) is 0 Å². The number of hydrogen-bond donors (Lipinski definition) is 0. The maximum absolute atomic E-state index is 13.0. The van der Waals surface area contributed by atoms with Crippen molar-refractivity contribution in [2.45, 2.75) is 13.0 Å². The molecule has 4 rings (SSSR count). The minimum Gasteiger partial charge on any atom is -0.465 e. The Bertz CT molecular complexity index is 1010. The van der Waals surface area contributed by atoms with Crippen LogP contribution in [-0.4, -0.2) is 35.4 Å². The van der Waals surface area contributed by atoms with Gasteiger partial charge in [0.15, 0.2) is 0 Å². The predicted octanol–water partition coefficient (Wildman–Crippen LogP) is 3.22. The average molecular weight is 346 g/mol. The van der Waals surface area contributed by atoms with Crippen LogP contribution in [0.3, 0.4) is 0 Å². The Morgan fingerprint density at radius 1 is 1.04 bits per heavy atom. The van der Waals surface area contributed by atoms with Crippen LogP contribution in [0.25, 0.3) is 10.9 Å². The van der Waals surface area contributed by atoms with Gasteiger partial charge in [0.1, 0.15) is 5.69 Å². The van der Waals surface area contributed by atoms with Crippen LogP contribution >= 0.6 is 0 Å². The van der Waals surface area contributed by atoms with Gasteiger partial charge < -0.3 is 9.64 Å². The van der Waals surface area contributed by atoms with Gasteiger partial charge in [0.2, 0.25) is 0 Å². The molecule has 0 unspecified atom stereocenters. The zero-order chi connectivity index (χ0) is 18.1. The Hall–Kier alpha value is -3.21. The number of hydrogen-bond acceptors (Lipinski definition) is 4. The van der Waals surface area contributed by atoms with Crippen LogP contribution in [0.15, 0.2) is 54.6 Å². The van der Waals surface area contributed by atoms with Gasteiger partial charge in [0, 0.05) is 18.5 Å². The molecule has 26 heavy (non-hydrogen) atoms. The van der Waals surface area contributed by atoms with Crippen molar-refractivity contribution in [3.05, 3.63) is 77.0 Å². The molecule has 0 spiro atoms. The van der Waals surface area contributed by atoms with Crippen LogP contribution < -0.4 is 0 Å². The van der Waals surface area contributed by atoms with Crippen molar-refractivity contribution < 1.29 is 14.3 Å². The Kier molecular flexibility index (Phi) is 4.13. The first-order chi connectivity index (χ1) is 12.7. The van der Waals surface area contributed by atoms with E-state index in [4.69, 9.17) is 4.74 Å². The number of nitrogens with zero attached hydrogens (tertiary/aromatic N) is 2. The highest BCUT2D eigenvalue weighted by Gasteiger charge is 2.24. The molecule has 0 saturated carbocycles. The summed E-state index contributed by atoms with van der Waals surface area (Å²) >= 11 is 0. The zero-order valence-electron chi connectivity index (χ0n) is 14.4. The molecule has 2 aromatic carbocycles. The van der Waals surface area contributed by atoms with Crippen molar-refractivity contribution in [1.82, 2.24) is 9.88 Å². The second kappa shape index (κ2) is 6.59. The maximum atomic E-state index is 13.0. The number of benzene rings is 2. The molecule has 5 nitrogen and oxygen atoms in total. The molecule has 3 aromatic rings. The van der Waals surface area contributed by atoms with Crippen molar-refractivity contribution in [3.8, 4) is 0 Å².